The molecule has 1 aromatic rings. The Morgan fingerprint density at radius 3 is 2.62 bits per heavy atom. The van der Waals surface area contributed by atoms with Crippen LogP contribution in [0, 0.1) is 5.41 Å². The molecule has 2 atom stereocenters. The van der Waals surface area contributed by atoms with Crippen molar-refractivity contribution in [3.8, 4) is 0 Å². The van der Waals surface area contributed by atoms with Gasteiger partial charge in [0.05, 0.1) is 18.1 Å². The quantitative estimate of drug-likeness (QED) is 0.793. The van der Waals surface area contributed by atoms with Crippen LogP contribution in [0.1, 0.15) is 43.1 Å². The van der Waals surface area contributed by atoms with Crippen LogP contribution in [0.25, 0.3) is 0 Å². The molecule has 0 aromatic heterocycles. The van der Waals surface area contributed by atoms with Crippen LogP contribution in [0.15, 0.2) is 24.3 Å². The Labute approximate surface area is 142 Å². The van der Waals surface area contributed by atoms with E-state index in [1.165, 1.54) is 0 Å². The van der Waals surface area contributed by atoms with Gasteiger partial charge in [0.15, 0.2) is 5.78 Å². The number of carbonyl (C=O) groups is 2. The van der Waals surface area contributed by atoms with Gasteiger partial charge in [-0.05, 0) is 39.2 Å². The van der Waals surface area contributed by atoms with Crippen LogP contribution in [0.5, 0.6) is 0 Å². The highest BCUT2D eigenvalue weighted by Gasteiger charge is 2.54. The van der Waals surface area contributed by atoms with Crippen molar-refractivity contribution < 1.29 is 19.1 Å². The van der Waals surface area contributed by atoms with Gasteiger partial charge < -0.3 is 14.4 Å². The van der Waals surface area contributed by atoms with Crippen molar-refractivity contribution in [2.75, 3.05) is 20.2 Å². The van der Waals surface area contributed by atoms with Gasteiger partial charge in [-0.1, -0.05) is 24.3 Å². The van der Waals surface area contributed by atoms with Gasteiger partial charge in [0.25, 0.3) is 0 Å². The van der Waals surface area contributed by atoms with Crippen LogP contribution < -0.4 is 0 Å². The number of methoxy groups -OCH3 is 1. The van der Waals surface area contributed by atoms with Gasteiger partial charge in [0.2, 0.25) is 0 Å². The molecule has 1 fully saturated rings. The first-order valence-electron chi connectivity index (χ1n) is 8.40. The Balaban J connectivity index is 1.80. The van der Waals surface area contributed by atoms with E-state index >= 15 is 0 Å². The summed E-state index contributed by atoms with van der Waals surface area (Å²) in [6.45, 7) is 6.43. The summed E-state index contributed by atoms with van der Waals surface area (Å²) in [5.74, 6) is 0.147. The number of piperidine rings is 1. The SMILES string of the molecule is COC1CN(C(=O)OC(C)(C)C)CCC12Cc1ccccc1C2=O. The monoisotopic (exact) mass is 331 g/mol. The molecule has 1 aliphatic heterocycles. The minimum Gasteiger partial charge on any atom is -0.444 e. The minimum absolute atomic E-state index is 0.147. The number of likely N-dealkylation sites (tertiary alicyclic amines) is 1. The fourth-order valence-corrected chi connectivity index (χ4v) is 3.80. The number of hydrogen-bond acceptors (Lipinski definition) is 4. The van der Waals surface area contributed by atoms with E-state index in [9.17, 15) is 9.59 Å². The molecule has 0 N–H and O–H groups in total. The summed E-state index contributed by atoms with van der Waals surface area (Å²) >= 11 is 0. The average molecular weight is 331 g/mol. The molecule has 3 rings (SSSR count). The summed E-state index contributed by atoms with van der Waals surface area (Å²) in [6, 6.07) is 7.75. The number of nitrogens with zero attached hydrogens (tertiary/aromatic N) is 1. The highest BCUT2D eigenvalue weighted by Crippen LogP contribution is 2.45. The summed E-state index contributed by atoms with van der Waals surface area (Å²) < 4.78 is 11.1. The smallest absolute Gasteiger partial charge is 0.410 e. The molecule has 5 nitrogen and oxygen atoms in total. The Bertz CT molecular complexity index is 664. The number of rotatable bonds is 1. The summed E-state index contributed by atoms with van der Waals surface area (Å²) in [7, 11) is 1.61. The lowest BCUT2D eigenvalue weighted by Gasteiger charge is -2.43. The van der Waals surface area contributed by atoms with Crippen LogP contribution in [0.3, 0.4) is 0 Å². The predicted molar refractivity (Wildman–Crippen MR) is 90.1 cm³/mol. The highest BCUT2D eigenvalue weighted by atomic mass is 16.6. The van der Waals surface area contributed by atoms with E-state index in [-0.39, 0.29) is 18.0 Å². The average Bonchev–Trinajstić information content (AvgIpc) is 2.80. The fourth-order valence-electron chi connectivity index (χ4n) is 3.80. The van der Waals surface area contributed by atoms with Gasteiger partial charge >= 0.3 is 6.09 Å². The second kappa shape index (κ2) is 5.88. The van der Waals surface area contributed by atoms with E-state index < -0.39 is 11.0 Å². The van der Waals surface area contributed by atoms with E-state index in [1.807, 2.05) is 45.0 Å². The van der Waals surface area contributed by atoms with Crippen molar-refractivity contribution in [2.45, 2.75) is 45.3 Å². The number of amides is 1. The summed E-state index contributed by atoms with van der Waals surface area (Å²) in [4.78, 5) is 27.0. The molecule has 0 bridgehead atoms. The molecule has 1 saturated heterocycles. The molecule has 130 valence electrons. The maximum absolute atomic E-state index is 13.0. The number of carbonyl (C=O) groups excluding carboxylic acids is 2. The summed E-state index contributed by atoms with van der Waals surface area (Å²) in [6.07, 6.45) is 0.613. The standard InChI is InChI=1S/C19H25NO4/c1-18(2,3)24-17(22)20-10-9-19(15(12-20)23-4)11-13-7-5-6-8-14(13)16(19)21/h5-8,15H,9-12H2,1-4H3. The van der Waals surface area contributed by atoms with Gasteiger partial charge in [-0.25, -0.2) is 4.79 Å². The zero-order chi connectivity index (χ0) is 17.5. The molecule has 2 unspecified atom stereocenters. The molecule has 1 heterocycles. The second-order valence-electron chi connectivity index (χ2n) is 7.72. The van der Waals surface area contributed by atoms with Crippen molar-refractivity contribution in [1.29, 1.82) is 0 Å². The third-order valence-electron chi connectivity index (χ3n) is 4.99. The number of Topliss-reactive ketones (excluding diaryl/α,β-unsaturated/α-hetero) is 1. The number of fused-ring (bicyclic) bond motifs is 1. The number of benzene rings is 1. The van der Waals surface area contributed by atoms with Crippen LogP contribution in [-0.2, 0) is 15.9 Å². The summed E-state index contributed by atoms with van der Waals surface area (Å²) in [5, 5.41) is 0. The van der Waals surface area contributed by atoms with Gasteiger partial charge in [-0.3, -0.25) is 4.79 Å². The summed E-state index contributed by atoms with van der Waals surface area (Å²) in [5.41, 5.74) is 0.783. The van der Waals surface area contributed by atoms with Crippen LogP contribution in [-0.4, -0.2) is 48.7 Å². The molecular formula is C19H25NO4. The Morgan fingerprint density at radius 1 is 1.29 bits per heavy atom. The second-order valence-corrected chi connectivity index (χ2v) is 7.72. The molecule has 2 aliphatic rings. The first-order valence-corrected chi connectivity index (χ1v) is 8.40. The van der Waals surface area contributed by atoms with Gasteiger partial charge in [0, 0.05) is 19.2 Å². The molecule has 1 aromatic carbocycles. The largest absolute Gasteiger partial charge is 0.444 e. The molecule has 1 amide bonds. The van der Waals surface area contributed by atoms with Gasteiger partial charge in [-0.2, -0.15) is 0 Å². The van der Waals surface area contributed by atoms with Crippen molar-refractivity contribution in [3.05, 3.63) is 35.4 Å². The van der Waals surface area contributed by atoms with Crippen LogP contribution in [0.2, 0.25) is 0 Å². The minimum atomic E-state index is -0.559. The van der Waals surface area contributed by atoms with Gasteiger partial charge in [-0.15, -0.1) is 0 Å². The first-order chi connectivity index (χ1) is 11.3. The maximum atomic E-state index is 13.0. The number of hydrogen-bond donors (Lipinski definition) is 0. The Morgan fingerprint density at radius 2 is 2.00 bits per heavy atom. The highest BCUT2D eigenvalue weighted by molar-refractivity contribution is 6.05. The number of ketones is 1. The Kier molecular flexibility index (Phi) is 4.16. The molecule has 0 radical (unpaired) electrons. The third-order valence-corrected chi connectivity index (χ3v) is 4.99. The van der Waals surface area contributed by atoms with E-state index in [2.05, 4.69) is 0 Å². The maximum Gasteiger partial charge on any atom is 0.410 e. The zero-order valence-electron chi connectivity index (χ0n) is 14.8. The van der Waals surface area contributed by atoms with Crippen molar-refractivity contribution in [3.63, 3.8) is 0 Å². The molecule has 0 saturated carbocycles. The molecular weight excluding hydrogens is 306 g/mol. The number of ether oxygens (including phenoxy) is 2. The van der Waals surface area contributed by atoms with Crippen molar-refractivity contribution in [2.24, 2.45) is 5.41 Å². The Hall–Kier alpha value is -1.88. The normalized spacial score (nSPS) is 26.6. The van der Waals surface area contributed by atoms with E-state index in [0.717, 1.165) is 11.1 Å². The molecule has 1 aliphatic carbocycles. The van der Waals surface area contributed by atoms with E-state index in [4.69, 9.17) is 9.47 Å². The lowest BCUT2D eigenvalue weighted by atomic mass is 9.72. The van der Waals surface area contributed by atoms with Gasteiger partial charge in [0.1, 0.15) is 5.60 Å². The van der Waals surface area contributed by atoms with Crippen LogP contribution in [0.4, 0.5) is 4.79 Å². The topological polar surface area (TPSA) is 55.8 Å². The fraction of sp³-hybridized carbons (Fsp3) is 0.579. The van der Waals surface area contributed by atoms with Crippen molar-refractivity contribution in [1.82, 2.24) is 4.90 Å². The molecule has 1 spiro atoms. The molecule has 24 heavy (non-hydrogen) atoms. The third kappa shape index (κ3) is 2.81. The predicted octanol–water partition coefficient (Wildman–Crippen LogP) is 3.07. The van der Waals surface area contributed by atoms with Crippen LogP contribution >= 0.6 is 0 Å². The van der Waals surface area contributed by atoms with E-state index in [1.54, 1.807) is 12.0 Å². The van der Waals surface area contributed by atoms with E-state index in [0.29, 0.717) is 25.9 Å². The lowest BCUT2D eigenvalue weighted by Crippen LogP contribution is -2.56. The first kappa shape index (κ1) is 17.0. The van der Waals surface area contributed by atoms with Crippen molar-refractivity contribution >= 4 is 11.9 Å². The lowest BCUT2D eigenvalue weighted by molar-refractivity contribution is -0.0568. The molecule has 5 heteroatoms. The zero-order valence-corrected chi connectivity index (χ0v) is 14.8.